The third-order valence-electron chi connectivity index (χ3n) is 4.94. The summed E-state index contributed by atoms with van der Waals surface area (Å²) in [5.74, 6) is -0.0544. The van der Waals surface area contributed by atoms with Crippen molar-refractivity contribution < 1.29 is 23.4 Å². The maximum atomic E-state index is 12.6. The molecule has 0 amide bonds. The zero-order chi connectivity index (χ0) is 21.3. The Morgan fingerprint density at radius 1 is 1.13 bits per heavy atom. The van der Waals surface area contributed by atoms with Gasteiger partial charge in [-0.05, 0) is 30.7 Å². The number of hydrogen-bond acceptors (Lipinski definition) is 6. The first-order chi connectivity index (χ1) is 14.5. The zero-order valence-electron chi connectivity index (χ0n) is 16.4. The van der Waals surface area contributed by atoms with Crippen molar-refractivity contribution in [3.63, 3.8) is 0 Å². The van der Waals surface area contributed by atoms with Gasteiger partial charge >= 0.3 is 11.6 Å². The lowest BCUT2D eigenvalue weighted by atomic mass is 9.88. The molecule has 2 heterocycles. The maximum absolute atomic E-state index is 12.6. The lowest BCUT2D eigenvalue weighted by molar-refractivity contribution is -0.148. The molecule has 0 N–H and O–H groups in total. The molecule has 0 radical (unpaired) electrons. The first-order valence-corrected chi connectivity index (χ1v) is 9.71. The highest BCUT2D eigenvalue weighted by atomic mass is 35.5. The molecular formula is C23H19ClO6. The molecule has 2 atom stereocenters. The number of fused-ring (bicyclic) bond motifs is 1. The van der Waals surface area contributed by atoms with E-state index in [1.165, 1.54) is 7.11 Å². The second-order valence-electron chi connectivity index (χ2n) is 6.91. The van der Waals surface area contributed by atoms with Gasteiger partial charge < -0.3 is 18.6 Å². The van der Waals surface area contributed by atoms with Gasteiger partial charge in [-0.3, -0.25) is 0 Å². The molecule has 0 fully saturated rings. The summed E-state index contributed by atoms with van der Waals surface area (Å²) in [6.45, 7) is 1.94. The highest BCUT2D eigenvalue weighted by Gasteiger charge is 2.45. The normalized spacial score (nSPS) is 17.2. The summed E-state index contributed by atoms with van der Waals surface area (Å²) >= 11 is 5.94. The predicted molar refractivity (Wildman–Crippen MR) is 110 cm³/mol. The van der Waals surface area contributed by atoms with Gasteiger partial charge in [0.25, 0.3) is 0 Å². The van der Waals surface area contributed by atoms with E-state index < -0.39 is 23.6 Å². The molecule has 6 nitrogen and oxygen atoms in total. The summed E-state index contributed by atoms with van der Waals surface area (Å²) in [4.78, 5) is 25.1. The van der Waals surface area contributed by atoms with Gasteiger partial charge in [-0.25, -0.2) is 9.59 Å². The summed E-state index contributed by atoms with van der Waals surface area (Å²) < 4.78 is 22.0. The van der Waals surface area contributed by atoms with Crippen LogP contribution >= 0.6 is 11.6 Å². The van der Waals surface area contributed by atoms with Gasteiger partial charge in [0, 0.05) is 16.7 Å². The summed E-state index contributed by atoms with van der Waals surface area (Å²) in [5.41, 5.74) is 1.29. The number of aryl methyl sites for hydroxylation is 1. The quantitative estimate of drug-likeness (QED) is 0.568. The van der Waals surface area contributed by atoms with Crippen molar-refractivity contribution in [3.05, 3.63) is 92.5 Å². The lowest BCUT2D eigenvalue weighted by Crippen LogP contribution is -2.32. The third kappa shape index (κ3) is 3.78. The van der Waals surface area contributed by atoms with E-state index in [0.29, 0.717) is 34.5 Å². The highest BCUT2D eigenvalue weighted by Crippen LogP contribution is 2.44. The van der Waals surface area contributed by atoms with Crippen LogP contribution in [0.1, 0.15) is 28.4 Å². The van der Waals surface area contributed by atoms with E-state index in [-0.39, 0.29) is 5.56 Å². The molecule has 0 unspecified atom stereocenters. The number of rotatable bonds is 5. The van der Waals surface area contributed by atoms with E-state index in [9.17, 15) is 9.59 Å². The van der Waals surface area contributed by atoms with Gasteiger partial charge in [0.1, 0.15) is 23.9 Å². The summed E-state index contributed by atoms with van der Waals surface area (Å²) in [6, 6.07) is 16.1. The minimum atomic E-state index is -1.02. The molecule has 30 heavy (non-hydrogen) atoms. The largest absolute Gasteiger partial charge is 0.489 e. The van der Waals surface area contributed by atoms with Crippen LogP contribution < -0.4 is 15.1 Å². The molecule has 7 heteroatoms. The van der Waals surface area contributed by atoms with E-state index in [1.54, 1.807) is 37.3 Å². The minimum Gasteiger partial charge on any atom is -0.489 e. The van der Waals surface area contributed by atoms with Crippen LogP contribution in [0.25, 0.3) is 0 Å². The molecule has 0 aliphatic carbocycles. The molecule has 0 saturated heterocycles. The van der Waals surface area contributed by atoms with Crippen molar-refractivity contribution in [2.24, 2.45) is 0 Å². The lowest BCUT2D eigenvalue weighted by Gasteiger charge is -2.20. The van der Waals surface area contributed by atoms with Gasteiger partial charge in [-0.1, -0.05) is 41.9 Å². The Bertz CT molecular complexity index is 1140. The van der Waals surface area contributed by atoms with Crippen molar-refractivity contribution in [3.8, 4) is 11.5 Å². The number of hydrogen-bond donors (Lipinski definition) is 0. The fourth-order valence-electron chi connectivity index (χ4n) is 3.56. The minimum absolute atomic E-state index is 0.276. The SMILES string of the molecule is COC(=O)[C@@H]1Oc2cc(C)oc(=O)c2[C@H]1c1ccccc1OCc1ccc(Cl)cc1. The standard InChI is InChI=1S/C23H19ClO6/c1-13-11-18-20(22(25)29-13)19(21(30-18)23(26)27-2)16-5-3-4-6-17(16)28-12-14-7-9-15(24)10-8-14/h3-11,19,21H,12H2,1-2H3/t19-,21-/m1/s1. The Morgan fingerprint density at radius 2 is 1.87 bits per heavy atom. The van der Waals surface area contributed by atoms with E-state index in [0.717, 1.165) is 5.56 Å². The number of methoxy groups -OCH3 is 1. The van der Waals surface area contributed by atoms with E-state index in [4.69, 9.17) is 30.2 Å². The second kappa shape index (κ2) is 8.24. The third-order valence-corrected chi connectivity index (χ3v) is 5.19. The van der Waals surface area contributed by atoms with Crippen LogP contribution in [0.4, 0.5) is 0 Å². The van der Waals surface area contributed by atoms with E-state index >= 15 is 0 Å². The maximum Gasteiger partial charge on any atom is 0.348 e. The predicted octanol–water partition coefficient (Wildman–Crippen LogP) is 4.25. The number of para-hydroxylation sites is 1. The van der Waals surface area contributed by atoms with Crippen molar-refractivity contribution in [1.82, 2.24) is 0 Å². The highest BCUT2D eigenvalue weighted by molar-refractivity contribution is 6.30. The molecule has 154 valence electrons. The first kappa shape index (κ1) is 20.0. The fourth-order valence-corrected chi connectivity index (χ4v) is 3.68. The van der Waals surface area contributed by atoms with Gasteiger partial charge in [0.15, 0.2) is 0 Å². The van der Waals surface area contributed by atoms with Crippen LogP contribution in [0.5, 0.6) is 11.5 Å². The first-order valence-electron chi connectivity index (χ1n) is 9.33. The summed E-state index contributed by atoms with van der Waals surface area (Å²) in [6.07, 6.45) is -1.02. The average Bonchev–Trinajstić information content (AvgIpc) is 3.12. The van der Waals surface area contributed by atoms with Gasteiger partial charge in [0.2, 0.25) is 6.10 Å². The van der Waals surface area contributed by atoms with Gasteiger partial charge in [-0.2, -0.15) is 0 Å². The van der Waals surface area contributed by atoms with Crippen molar-refractivity contribution in [2.75, 3.05) is 7.11 Å². The number of ether oxygens (including phenoxy) is 3. The zero-order valence-corrected chi connectivity index (χ0v) is 17.1. The molecule has 1 aliphatic rings. The van der Waals surface area contributed by atoms with Crippen molar-refractivity contribution >= 4 is 17.6 Å². The van der Waals surface area contributed by atoms with Crippen LogP contribution in [-0.4, -0.2) is 19.2 Å². The van der Waals surface area contributed by atoms with Crippen molar-refractivity contribution in [2.45, 2.75) is 25.6 Å². The fraction of sp³-hybridized carbons (Fsp3) is 0.217. The monoisotopic (exact) mass is 426 g/mol. The number of halogens is 1. The Labute approximate surface area is 178 Å². The average molecular weight is 427 g/mol. The number of esters is 1. The van der Waals surface area contributed by atoms with Crippen LogP contribution in [0.15, 0.2) is 63.8 Å². The number of carbonyl (C=O) groups is 1. The molecule has 1 aromatic heterocycles. The molecule has 2 aromatic carbocycles. The van der Waals surface area contributed by atoms with Crippen LogP contribution in [0.2, 0.25) is 5.02 Å². The smallest absolute Gasteiger partial charge is 0.348 e. The van der Waals surface area contributed by atoms with Crippen LogP contribution in [0.3, 0.4) is 0 Å². The van der Waals surface area contributed by atoms with Gasteiger partial charge in [-0.15, -0.1) is 0 Å². The summed E-state index contributed by atoms with van der Waals surface area (Å²) in [7, 11) is 1.28. The van der Waals surface area contributed by atoms with Crippen LogP contribution in [0, 0.1) is 6.92 Å². The Balaban J connectivity index is 1.74. The molecular weight excluding hydrogens is 408 g/mol. The molecule has 1 aliphatic heterocycles. The molecule has 4 rings (SSSR count). The second-order valence-corrected chi connectivity index (χ2v) is 7.35. The van der Waals surface area contributed by atoms with Crippen molar-refractivity contribution in [1.29, 1.82) is 0 Å². The van der Waals surface area contributed by atoms with Crippen LogP contribution in [-0.2, 0) is 16.1 Å². The Hall–Kier alpha value is -3.25. The molecule has 0 saturated carbocycles. The molecule has 0 bridgehead atoms. The molecule has 0 spiro atoms. The summed E-state index contributed by atoms with van der Waals surface area (Å²) in [5, 5.41) is 0.641. The Morgan fingerprint density at radius 3 is 2.60 bits per heavy atom. The topological polar surface area (TPSA) is 75.0 Å². The van der Waals surface area contributed by atoms with E-state index in [1.807, 2.05) is 24.3 Å². The van der Waals surface area contributed by atoms with Gasteiger partial charge in [0.05, 0.1) is 18.6 Å². The van der Waals surface area contributed by atoms with E-state index in [2.05, 4.69) is 0 Å². The Kier molecular flexibility index (Phi) is 5.50. The number of carbonyl (C=O) groups excluding carboxylic acids is 1. The molecule has 3 aromatic rings. The number of benzene rings is 2.